The van der Waals surface area contributed by atoms with Crippen molar-refractivity contribution in [1.82, 2.24) is 9.80 Å². The molecule has 1 fully saturated rings. The normalized spacial score (nSPS) is 20.6. The molecular weight excluding hydrogens is 283 g/mol. The van der Waals surface area contributed by atoms with Crippen molar-refractivity contribution in [2.75, 3.05) is 20.1 Å². The fourth-order valence-corrected chi connectivity index (χ4v) is 3.01. The second kappa shape index (κ2) is 7.70. The second-order valence-electron chi connectivity index (χ2n) is 6.15. The van der Waals surface area contributed by atoms with E-state index in [2.05, 4.69) is 4.90 Å². The molecule has 1 aromatic rings. The molecular formula is C17H25FN2O2. The summed E-state index contributed by atoms with van der Waals surface area (Å²) in [6.07, 6.45) is 2.69. The van der Waals surface area contributed by atoms with Gasteiger partial charge in [-0.2, -0.15) is 0 Å². The van der Waals surface area contributed by atoms with Crippen molar-refractivity contribution in [3.8, 4) is 0 Å². The van der Waals surface area contributed by atoms with E-state index in [9.17, 15) is 14.3 Å². The summed E-state index contributed by atoms with van der Waals surface area (Å²) in [7, 11) is 1.76. The summed E-state index contributed by atoms with van der Waals surface area (Å²) in [5.74, 6) is -0.248. The zero-order valence-corrected chi connectivity index (χ0v) is 13.3. The molecule has 0 aromatic heterocycles. The molecule has 5 heteroatoms. The fraction of sp³-hybridized carbons (Fsp3) is 0.588. The van der Waals surface area contributed by atoms with E-state index in [-0.39, 0.29) is 17.8 Å². The largest absolute Gasteiger partial charge is 0.392 e. The number of amides is 1. The lowest BCUT2D eigenvalue weighted by atomic mass is 9.98. The van der Waals surface area contributed by atoms with Crippen LogP contribution in [-0.2, 0) is 11.3 Å². The molecule has 1 aromatic carbocycles. The van der Waals surface area contributed by atoms with Crippen molar-refractivity contribution in [2.24, 2.45) is 0 Å². The van der Waals surface area contributed by atoms with Crippen LogP contribution in [0, 0.1) is 5.82 Å². The van der Waals surface area contributed by atoms with Crippen LogP contribution in [0.25, 0.3) is 0 Å². The van der Waals surface area contributed by atoms with Gasteiger partial charge in [0.2, 0.25) is 5.91 Å². The number of carbonyl (C=O) groups is 1. The highest BCUT2D eigenvalue weighted by Gasteiger charge is 2.28. The molecule has 122 valence electrons. The summed E-state index contributed by atoms with van der Waals surface area (Å²) in [4.78, 5) is 16.1. The number of aliphatic hydroxyl groups excluding tert-OH is 1. The van der Waals surface area contributed by atoms with Crippen molar-refractivity contribution in [3.63, 3.8) is 0 Å². The topological polar surface area (TPSA) is 43.8 Å². The van der Waals surface area contributed by atoms with Crippen LogP contribution >= 0.6 is 0 Å². The molecule has 1 amide bonds. The van der Waals surface area contributed by atoms with Crippen molar-refractivity contribution >= 4 is 5.91 Å². The smallest absolute Gasteiger partial charge is 0.236 e. The molecule has 0 bridgehead atoms. The van der Waals surface area contributed by atoms with E-state index in [1.807, 2.05) is 0 Å². The van der Waals surface area contributed by atoms with Gasteiger partial charge >= 0.3 is 0 Å². The monoisotopic (exact) mass is 308 g/mol. The van der Waals surface area contributed by atoms with Gasteiger partial charge in [-0.1, -0.05) is 18.6 Å². The Kier molecular flexibility index (Phi) is 5.91. The lowest BCUT2D eigenvalue weighted by molar-refractivity contribution is -0.133. The SMILES string of the molecule is C[C@@H](O)[C@H]1CCCCN1CC(=O)N(C)Cc1ccc(F)cc1. The number of likely N-dealkylation sites (N-methyl/N-ethyl adjacent to an activating group) is 1. The van der Waals surface area contributed by atoms with Crippen LogP contribution in [-0.4, -0.2) is 53.1 Å². The van der Waals surface area contributed by atoms with E-state index in [1.54, 1.807) is 31.0 Å². The highest BCUT2D eigenvalue weighted by atomic mass is 19.1. The predicted molar refractivity (Wildman–Crippen MR) is 83.8 cm³/mol. The molecule has 2 atom stereocenters. The average molecular weight is 308 g/mol. The Morgan fingerprint density at radius 1 is 1.41 bits per heavy atom. The van der Waals surface area contributed by atoms with Crippen LogP contribution < -0.4 is 0 Å². The van der Waals surface area contributed by atoms with Crippen LogP contribution in [0.3, 0.4) is 0 Å². The quantitative estimate of drug-likeness (QED) is 0.905. The van der Waals surface area contributed by atoms with E-state index in [0.29, 0.717) is 13.1 Å². The molecule has 0 radical (unpaired) electrons. The van der Waals surface area contributed by atoms with Gasteiger partial charge in [-0.05, 0) is 44.0 Å². The highest BCUT2D eigenvalue weighted by Crippen LogP contribution is 2.19. The van der Waals surface area contributed by atoms with Gasteiger partial charge in [0, 0.05) is 19.6 Å². The van der Waals surface area contributed by atoms with E-state index in [4.69, 9.17) is 0 Å². The minimum Gasteiger partial charge on any atom is -0.392 e. The summed E-state index contributed by atoms with van der Waals surface area (Å²) >= 11 is 0. The lowest BCUT2D eigenvalue weighted by Crippen LogP contribution is -2.49. The maximum Gasteiger partial charge on any atom is 0.236 e. The van der Waals surface area contributed by atoms with Crippen LogP contribution in [0.15, 0.2) is 24.3 Å². The molecule has 0 saturated carbocycles. The number of likely N-dealkylation sites (tertiary alicyclic amines) is 1. The van der Waals surface area contributed by atoms with Gasteiger partial charge in [0.05, 0.1) is 12.6 Å². The molecule has 22 heavy (non-hydrogen) atoms. The van der Waals surface area contributed by atoms with Crippen molar-refractivity contribution in [1.29, 1.82) is 0 Å². The Labute approximate surface area is 131 Å². The molecule has 2 rings (SSSR count). The fourth-order valence-electron chi connectivity index (χ4n) is 3.01. The standard InChI is InChI=1S/C17H25FN2O2/c1-13(21)16-5-3-4-10-20(16)12-17(22)19(2)11-14-6-8-15(18)9-7-14/h6-9,13,16,21H,3-5,10-12H2,1-2H3/t13-,16-/m1/s1. The summed E-state index contributed by atoms with van der Waals surface area (Å²) in [6, 6.07) is 6.26. The number of carbonyl (C=O) groups excluding carboxylic acids is 1. The number of aliphatic hydroxyl groups is 1. The molecule has 1 aliphatic rings. The summed E-state index contributed by atoms with van der Waals surface area (Å²) in [5.41, 5.74) is 0.906. The molecule has 0 unspecified atom stereocenters. The molecule has 4 nitrogen and oxygen atoms in total. The maximum absolute atomic E-state index is 12.9. The average Bonchev–Trinajstić information content (AvgIpc) is 2.49. The predicted octanol–water partition coefficient (Wildman–Crippen LogP) is 2.02. The number of hydrogen-bond donors (Lipinski definition) is 1. The summed E-state index contributed by atoms with van der Waals surface area (Å²) < 4.78 is 12.9. The zero-order valence-electron chi connectivity index (χ0n) is 13.3. The van der Waals surface area contributed by atoms with Gasteiger partial charge in [-0.3, -0.25) is 9.69 Å². The van der Waals surface area contributed by atoms with E-state index in [0.717, 1.165) is 31.4 Å². The third-order valence-electron chi connectivity index (χ3n) is 4.32. The first-order valence-corrected chi connectivity index (χ1v) is 7.88. The number of rotatable bonds is 5. The highest BCUT2D eigenvalue weighted by molar-refractivity contribution is 5.78. The van der Waals surface area contributed by atoms with Gasteiger partial charge in [0.1, 0.15) is 5.82 Å². The number of benzene rings is 1. The van der Waals surface area contributed by atoms with Gasteiger partial charge < -0.3 is 10.0 Å². The zero-order chi connectivity index (χ0) is 16.1. The Morgan fingerprint density at radius 3 is 2.73 bits per heavy atom. The molecule has 1 N–H and O–H groups in total. The van der Waals surface area contributed by atoms with Crippen LogP contribution in [0.1, 0.15) is 31.7 Å². The number of halogens is 1. The maximum atomic E-state index is 12.9. The van der Waals surface area contributed by atoms with E-state index in [1.165, 1.54) is 12.1 Å². The number of piperidine rings is 1. The van der Waals surface area contributed by atoms with Gasteiger partial charge in [0.15, 0.2) is 0 Å². The third kappa shape index (κ3) is 4.52. The first kappa shape index (κ1) is 16.9. The molecule has 0 aliphatic carbocycles. The van der Waals surface area contributed by atoms with Crippen molar-refractivity contribution in [2.45, 2.75) is 44.9 Å². The first-order valence-electron chi connectivity index (χ1n) is 7.88. The Morgan fingerprint density at radius 2 is 2.09 bits per heavy atom. The minimum atomic E-state index is -0.421. The molecule has 1 heterocycles. The lowest BCUT2D eigenvalue weighted by Gasteiger charge is -2.37. The third-order valence-corrected chi connectivity index (χ3v) is 4.32. The van der Waals surface area contributed by atoms with Crippen LogP contribution in [0.2, 0.25) is 0 Å². The summed E-state index contributed by atoms with van der Waals surface area (Å²) in [5, 5.41) is 9.86. The molecule has 1 aliphatic heterocycles. The van der Waals surface area contributed by atoms with Crippen LogP contribution in [0.4, 0.5) is 4.39 Å². The van der Waals surface area contributed by atoms with Gasteiger partial charge in [-0.25, -0.2) is 4.39 Å². The summed E-state index contributed by atoms with van der Waals surface area (Å²) in [6.45, 7) is 3.43. The molecule has 0 spiro atoms. The van der Waals surface area contributed by atoms with Crippen LogP contribution in [0.5, 0.6) is 0 Å². The number of nitrogens with zero attached hydrogens (tertiary/aromatic N) is 2. The van der Waals surface area contributed by atoms with E-state index >= 15 is 0 Å². The Balaban J connectivity index is 1.91. The first-order chi connectivity index (χ1) is 10.5. The van der Waals surface area contributed by atoms with Crippen molar-refractivity contribution < 1.29 is 14.3 Å². The van der Waals surface area contributed by atoms with Crippen molar-refractivity contribution in [3.05, 3.63) is 35.6 Å². The Hall–Kier alpha value is -1.46. The Bertz CT molecular complexity index is 490. The number of hydrogen-bond acceptors (Lipinski definition) is 3. The minimum absolute atomic E-state index is 0.0249. The van der Waals surface area contributed by atoms with Gasteiger partial charge in [0.25, 0.3) is 0 Å². The molecule has 1 saturated heterocycles. The second-order valence-corrected chi connectivity index (χ2v) is 6.15. The van der Waals surface area contributed by atoms with E-state index < -0.39 is 6.10 Å². The van der Waals surface area contributed by atoms with Gasteiger partial charge in [-0.15, -0.1) is 0 Å².